The molecular formula is C21H30ClIN4O2S. The predicted molar refractivity (Wildman–Crippen MR) is 136 cm³/mol. The predicted octanol–water partition coefficient (Wildman–Crippen LogP) is 4.16. The molecule has 9 heteroatoms. The summed E-state index contributed by atoms with van der Waals surface area (Å²) in [5, 5.41) is 9.65. The van der Waals surface area contributed by atoms with E-state index in [1.165, 1.54) is 4.88 Å². The lowest BCUT2D eigenvalue weighted by molar-refractivity contribution is 0.0177. The van der Waals surface area contributed by atoms with Crippen molar-refractivity contribution in [3.63, 3.8) is 0 Å². The van der Waals surface area contributed by atoms with E-state index in [0.717, 1.165) is 56.7 Å². The third-order valence-electron chi connectivity index (χ3n) is 4.82. The number of methoxy groups -OCH3 is 1. The smallest absolute Gasteiger partial charge is 0.191 e. The van der Waals surface area contributed by atoms with Crippen LogP contribution < -0.4 is 15.4 Å². The molecule has 0 aliphatic carbocycles. The first-order valence-corrected chi connectivity index (χ1v) is 11.2. The fourth-order valence-electron chi connectivity index (χ4n) is 3.33. The number of hydrogen-bond acceptors (Lipinski definition) is 5. The minimum atomic E-state index is 0. The van der Waals surface area contributed by atoms with E-state index in [0.29, 0.717) is 17.6 Å². The molecule has 0 saturated carbocycles. The summed E-state index contributed by atoms with van der Waals surface area (Å²) in [5.74, 6) is 1.54. The van der Waals surface area contributed by atoms with Crippen molar-refractivity contribution in [3.8, 4) is 5.75 Å². The van der Waals surface area contributed by atoms with Gasteiger partial charge in [-0.3, -0.25) is 4.90 Å². The molecule has 2 heterocycles. The van der Waals surface area contributed by atoms with Crippen LogP contribution in [0.5, 0.6) is 5.75 Å². The summed E-state index contributed by atoms with van der Waals surface area (Å²) in [7, 11) is 1.65. The highest BCUT2D eigenvalue weighted by atomic mass is 127. The van der Waals surface area contributed by atoms with E-state index in [1.54, 1.807) is 18.4 Å². The van der Waals surface area contributed by atoms with Crippen molar-refractivity contribution in [1.82, 2.24) is 15.5 Å². The van der Waals surface area contributed by atoms with Gasteiger partial charge in [-0.2, -0.15) is 0 Å². The van der Waals surface area contributed by atoms with Crippen LogP contribution in [0.4, 0.5) is 0 Å². The molecule has 1 aliphatic heterocycles. The van der Waals surface area contributed by atoms with Crippen LogP contribution in [0, 0.1) is 0 Å². The lowest BCUT2D eigenvalue weighted by Gasteiger charge is -2.34. The standard InChI is InChI=1S/C21H29ClN4O2S.HI/c1-3-23-21(24-14-16-6-7-17(22)13-19(16)27-2)25-15-18(20-5-4-12-29-20)26-8-10-28-11-9-26;/h4-7,12-13,18H,3,8-11,14-15H2,1-2H3,(H2,23,24,25);1H. The Morgan fingerprint density at radius 2 is 2.10 bits per heavy atom. The van der Waals surface area contributed by atoms with Crippen molar-refractivity contribution in [2.45, 2.75) is 19.5 Å². The van der Waals surface area contributed by atoms with E-state index < -0.39 is 0 Å². The number of benzene rings is 1. The summed E-state index contributed by atoms with van der Waals surface area (Å²) in [4.78, 5) is 8.59. The number of guanidine groups is 1. The fourth-order valence-corrected chi connectivity index (χ4v) is 4.35. The molecule has 3 rings (SSSR count). The highest BCUT2D eigenvalue weighted by Gasteiger charge is 2.23. The van der Waals surface area contributed by atoms with Crippen LogP contribution in [0.3, 0.4) is 0 Å². The molecule has 30 heavy (non-hydrogen) atoms. The lowest BCUT2D eigenvalue weighted by Crippen LogP contribution is -2.46. The minimum Gasteiger partial charge on any atom is -0.496 e. The van der Waals surface area contributed by atoms with Crippen LogP contribution in [0.1, 0.15) is 23.4 Å². The highest BCUT2D eigenvalue weighted by molar-refractivity contribution is 14.0. The molecule has 1 aromatic carbocycles. The zero-order valence-corrected chi connectivity index (χ0v) is 21.3. The van der Waals surface area contributed by atoms with Gasteiger partial charge in [0.1, 0.15) is 5.75 Å². The molecule has 1 saturated heterocycles. The molecule has 1 atom stereocenters. The van der Waals surface area contributed by atoms with Crippen LogP contribution in [-0.4, -0.2) is 57.4 Å². The number of thiophene rings is 1. The summed E-state index contributed by atoms with van der Waals surface area (Å²) < 4.78 is 11.0. The maximum atomic E-state index is 6.06. The Morgan fingerprint density at radius 1 is 1.30 bits per heavy atom. The Kier molecular flexibility index (Phi) is 11.2. The second kappa shape index (κ2) is 13.4. The molecule has 166 valence electrons. The zero-order chi connectivity index (χ0) is 20.5. The molecule has 0 amide bonds. The van der Waals surface area contributed by atoms with Gasteiger partial charge in [0.2, 0.25) is 0 Å². The number of nitrogens with zero attached hydrogens (tertiary/aromatic N) is 2. The molecular weight excluding hydrogens is 535 g/mol. The van der Waals surface area contributed by atoms with Gasteiger partial charge in [-0.05, 0) is 30.5 Å². The van der Waals surface area contributed by atoms with E-state index in [2.05, 4.69) is 40.0 Å². The zero-order valence-electron chi connectivity index (χ0n) is 17.4. The first-order chi connectivity index (χ1) is 14.2. The SMILES string of the molecule is CCNC(=NCc1ccc(Cl)cc1OC)NCC(c1cccs1)N1CCOCC1.I. The molecule has 1 aromatic heterocycles. The van der Waals surface area contributed by atoms with Crippen LogP contribution >= 0.6 is 46.9 Å². The molecule has 0 radical (unpaired) electrons. The van der Waals surface area contributed by atoms with E-state index in [-0.39, 0.29) is 24.0 Å². The number of morpholine rings is 1. The van der Waals surface area contributed by atoms with E-state index in [1.807, 2.05) is 18.2 Å². The number of nitrogens with one attached hydrogen (secondary N) is 2. The Bertz CT molecular complexity index is 785. The Labute approximate surface area is 205 Å². The average Bonchev–Trinajstić information content (AvgIpc) is 3.28. The molecule has 2 N–H and O–H groups in total. The molecule has 6 nitrogen and oxygen atoms in total. The van der Waals surface area contributed by atoms with E-state index >= 15 is 0 Å². The largest absolute Gasteiger partial charge is 0.496 e. The Hall–Kier alpha value is -1.07. The van der Waals surface area contributed by atoms with Crippen LogP contribution in [-0.2, 0) is 11.3 Å². The molecule has 1 unspecified atom stereocenters. The summed E-state index contributed by atoms with van der Waals surface area (Å²) >= 11 is 7.86. The molecule has 1 aliphatic rings. The van der Waals surface area contributed by atoms with Crippen molar-refractivity contribution in [2.75, 3.05) is 46.5 Å². The van der Waals surface area contributed by atoms with E-state index in [9.17, 15) is 0 Å². The third kappa shape index (κ3) is 7.26. The van der Waals surface area contributed by atoms with Crippen molar-refractivity contribution in [1.29, 1.82) is 0 Å². The molecule has 2 aromatic rings. The molecule has 0 spiro atoms. The second-order valence-electron chi connectivity index (χ2n) is 6.71. The quantitative estimate of drug-likeness (QED) is 0.287. The summed E-state index contributed by atoms with van der Waals surface area (Å²) in [6, 6.07) is 10.2. The van der Waals surface area contributed by atoms with Gasteiger partial charge >= 0.3 is 0 Å². The topological polar surface area (TPSA) is 58.1 Å². The fraction of sp³-hybridized carbons (Fsp3) is 0.476. The average molecular weight is 565 g/mol. The number of halogens is 2. The number of ether oxygens (including phenoxy) is 2. The van der Waals surface area contributed by atoms with Crippen molar-refractivity contribution < 1.29 is 9.47 Å². The van der Waals surface area contributed by atoms with Gasteiger partial charge in [0.15, 0.2) is 5.96 Å². The first-order valence-electron chi connectivity index (χ1n) is 9.91. The van der Waals surface area contributed by atoms with Crippen molar-refractivity contribution >= 4 is 52.9 Å². The van der Waals surface area contributed by atoms with Crippen molar-refractivity contribution in [3.05, 3.63) is 51.2 Å². The first kappa shape index (κ1) is 25.2. The molecule has 0 bridgehead atoms. The van der Waals surface area contributed by atoms with Crippen LogP contribution in [0.15, 0.2) is 40.7 Å². The molecule has 1 fully saturated rings. The van der Waals surface area contributed by atoms with Gasteiger partial charge in [0.25, 0.3) is 0 Å². The Balaban J connectivity index is 0.00000320. The third-order valence-corrected chi connectivity index (χ3v) is 6.03. The van der Waals surface area contributed by atoms with Gasteiger partial charge in [0.05, 0.1) is 32.9 Å². The number of aliphatic imine (C=N–C) groups is 1. The monoisotopic (exact) mass is 564 g/mol. The van der Waals surface area contributed by atoms with Gasteiger partial charge in [-0.25, -0.2) is 4.99 Å². The van der Waals surface area contributed by atoms with Gasteiger partial charge in [-0.1, -0.05) is 23.7 Å². The summed E-state index contributed by atoms with van der Waals surface area (Å²) in [6.45, 7) is 7.61. The van der Waals surface area contributed by atoms with Gasteiger partial charge in [-0.15, -0.1) is 35.3 Å². The second-order valence-corrected chi connectivity index (χ2v) is 8.13. The van der Waals surface area contributed by atoms with Crippen molar-refractivity contribution in [2.24, 2.45) is 4.99 Å². The lowest BCUT2D eigenvalue weighted by atomic mass is 10.2. The summed E-state index contributed by atoms with van der Waals surface area (Å²) in [6.07, 6.45) is 0. The highest BCUT2D eigenvalue weighted by Crippen LogP contribution is 2.26. The number of rotatable bonds is 8. The van der Waals surface area contributed by atoms with E-state index in [4.69, 9.17) is 26.1 Å². The summed E-state index contributed by atoms with van der Waals surface area (Å²) in [5.41, 5.74) is 0.997. The van der Waals surface area contributed by atoms with Gasteiger partial charge in [0, 0.05) is 41.6 Å². The van der Waals surface area contributed by atoms with Crippen LogP contribution in [0.25, 0.3) is 0 Å². The minimum absolute atomic E-state index is 0. The maximum absolute atomic E-state index is 6.06. The maximum Gasteiger partial charge on any atom is 0.191 e. The normalized spacial score (nSPS) is 15.9. The number of hydrogen-bond donors (Lipinski definition) is 2. The Morgan fingerprint density at radius 3 is 2.77 bits per heavy atom. The van der Waals surface area contributed by atoms with Gasteiger partial charge < -0.3 is 20.1 Å². The van der Waals surface area contributed by atoms with Crippen LogP contribution in [0.2, 0.25) is 5.02 Å².